The molecule has 4 nitrogen and oxygen atoms in total. The lowest BCUT2D eigenvalue weighted by Crippen LogP contribution is -2.06. The monoisotopic (exact) mass is 170 g/mol. The topological polar surface area (TPSA) is 47.3 Å². The summed E-state index contributed by atoms with van der Waals surface area (Å²) in [5, 5.41) is 9.06. The average molecular weight is 170 g/mol. The number of hydrogen-bond acceptors (Lipinski definition) is 3. The van der Waals surface area contributed by atoms with Gasteiger partial charge >= 0.3 is 0 Å². The van der Waals surface area contributed by atoms with Crippen LogP contribution in [0.25, 0.3) is 0 Å². The first-order valence-corrected chi connectivity index (χ1v) is 3.99. The summed E-state index contributed by atoms with van der Waals surface area (Å²) >= 11 is 0. The lowest BCUT2D eigenvalue weighted by atomic mass is 10.4. The smallest absolute Gasteiger partial charge is 0.229 e. The number of aromatic nitrogens is 2. The minimum absolute atomic E-state index is 0.0408. The summed E-state index contributed by atoms with van der Waals surface area (Å²) in [6.45, 7) is 4.49. The third-order valence-electron chi connectivity index (χ3n) is 1.68. The maximum absolute atomic E-state index is 9.06. The molecule has 0 radical (unpaired) electrons. The van der Waals surface area contributed by atoms with Crippen molar-refractivity contribution < 1.29 is 9.84 Å². The number of hydrogen-bond donors (Lipinski definition) is 1. The minimum Gasteiger partial charge on any atom is -0.492 e. The number of imidazole rings is 1. The Kier molecular flexibility index (Phi) is 2.70. The number of rotatable bonds is 3. The van der Waals surface area contributed by atoms with E-state index in [1.165, 1.54) is 0 Å². The predicted octanol–water partition coefficient (Wildman–Crippen LogP) is 1.22. The van der Waals surface area contributed by atoms with E-state index >= 15 is 0 Å². The fourth-order valence-corrected chi connectivity index (χ4v) is 1.17. The van der Waals surface area contributed by atoms with Crippen molar-refractivity contribution in [2.24, 2.45) is 7.05 Å². The first-order valence-electron chi connectivity index (χ1n) is 3.99. The molecule has 1 unspecified atom stereocenters. The van der Waals surface area contributed by atoms with Crippen molar-refractivity contribution in [3.05, 3.63) is 12.0 Å². The van der Waals surface area contributed by atoms with E-state index in [9.17, 15) is 0 Å². The standard InChI is InChI=1S/C8H14N2O2/c1-4-12-6(2)8-9-7(11)5-10(8)3/h5-6,11H,4H2,1-3H3. The van der Waals surface area contributed by atoms with Gasteiger partial charge in [0.15, 0.2) is 0 Å². The minimum atomic E-state index is -0.0686. The van der Waals surface area contributed by atoms with Crippen LogP contribution in [0.1, 0.15) is 25.8 Å². The van der Waals surface area contributed by atoms with E-state index in [0.717, 1.165) is 5.82 Å². The van der Waals surface area contributed by atoms with Crippen molar-refractivity contribution in [1.29, 1.82) is 0 Å². The van der Waals surface area contributed by atoms with Gasteiger partial charge in [-0.25, -0.2) is 0 Å². The lowest BCUT2D eigenvalue weighted by molar-refractivity contribution is 0.0680. The molecule has 1 N–H and O–H groups in total. The van der Waals surface area contributed by atoms with Gasteiger partial charge in [-0.1, -0.05) is 0 Å². The van der Waals surface area contributed by atoms with Crippen LogP contribution in [-0.4, -0.2) is 21.3 Å². The highest BCUT2D eigenvalue weighted by atomic mass is 16.5. The highest BCUT2D eigenvalue weighted by molar-refractivity contribution is 5.08. The summed E-state index contributed by atoms with van der Waals surface area (Å²) in [5.41, 5.74) is 0. The zero-order valence-electron chi connectivity index (χ0n) is 7.61. The predicted molar refractivity (Wildman–Crippen MR) is 44.9 cm³/mol. The second kappa shape index (κ2) is 3.58. The van der Waals surface area contributed by atoms with Crippen molar-refractivity contribution in [1.82, 2.24) is 9.55 Å². The maximum Gasteiger partial charge on any atom is 0.229 e. The molecule has 1 aromatic rings. The number of aromatic hydroxyl groups is 1. The van der Waals surface area contributed by atoms with Crippen LogP contribution < -0.4 is 0 Å². The van der Waals surface area contributed by atoms with E-state index in [-0.39, 0.29) is 12.0 Å². The Morgan fingerprint density at radius 1 is 1.75 bits per heavy atom. The van der Waals surface area contributed by atoms with E-state index < -0.39 is 0 Å². The molecule has 1 heterocycles. The third-order valence-corrected chi connectivity index (χ3v) is 1.68. The Morgan fingerprint density at radius 3 is 2.83 bits per heavy atom. The number of ether oxygens (including phenoxy) is 1. The first-order chi connectivity index (χ1) is 5.65. The van der Waals surface area contributed by atoms with Gasteiger partial charge in [-0.3, -0.25) is 0 Å². The van der Waals surface area contributed by atoms with E-state index in [1.807, 2.05) is 20.9 Å². The van der Waals surface area contributed by atoms with E-state index in [1.54, 1.807) is 10.8 Å². The molecule has 0 amide bonds. The van der Waals surface area contributed by atoms with Gasteiger partial charge in [-0.2, -0.15) is 4.98 Å². The van der Waals surface area contributed by atoms with Gasteiger partial charge in [0, 0.05) is 13.7 Å². The number of nitrogens with zero attached hydrogens (tertiary/aromatic N) is 2. The average Bonchev–Trinajstić information content (AvgIpc) is 2.30. The Bertz CT molecular complexity index is 258. The fourth-order valence-electron chi connectivity index (χ4n) is 1.17. The molecule has 0 aliphatic carbocycles. The van der Waals surface area contributed by atoms with Crippen molar-refractivity contribution >= 4 is 0 Å². The Hall–Kier alpha value is -1.03. The van der Waals surface area contributed by atoms with Crippen molar-refractivity contribution in [2.75, 3.05) is 6.61 Å². The summed E-state index contributed by atoms with van der Waals surface area (Å²) in [5.74, 6) is 0.786. The van der Waals surface area contributed by atoms with Crippen LogP contribution in [0.2, 0.25) is 0 Å². The second-order valence-corrected chi connectivity index (χ2v) is 2.67. The van der Waals surface area contributed by atoms with Crippen LogP contribution in [0.5, 0.6) is 5.88 Å². The second-order valence-electron chi connectivity index (χ2n) is 2.67. The fraction of sp³-hybridized carbons (Fsp3) is 0.625. The summed E-state index contributed by atoms with van der Waals surface area (Å²) in [6, 6.07) is 0. The highest BCUT2D eigenvalue weighted by Gasteiger charge is 2.11. The SMILES string of the molecule is CCOC(C)c1nc(O)cn1C. The quantitative estimate of drug-likeness (QED) is 0.742. The maximum atomic E-state index is 9.06. The van der Waals surface area contributed by atoms with Crippen LogP contribution in [0.15, 0.2) is 6.20 Å². The molecular formula is C8H14N2O2. The molecule has 0 aliphatic heterocycles. The van der Waals surface area contributed by atoms with Gasteiger partial charge in [0.1, 0.15) is 11.9 Å². The molecule has 0 bridgehead atoms. The summed E-state index contributed by atoms with van der Waals surface area (Å²) < 4.78 is 7.09. The Labute approximate surface area is 71.8 Å². The van der Waals surface area contributed by atoms with Crippen molar-refractivity contribution in [3.8, 4) is 5.88 Å². The molecule has 68 valence electrons. The lowest BCUT2D eigenvalue weighted by Gasteiger charge is -2.10. The molecule has 0 spiro atoms. The van der Waals surface area contributed by atoms with Gasteiger partial charge in [0.25, 0.3) is 0 Å². The van der Waals surface area contributed by atoms with Crippen LogP contribution in [0, 0.1) is 0 Å². The first kappa shape index (κ1) is 9.06. The van der Waals surface area contributed by atoms with Crippen LogP contribution in [0.3, 0.4) is 0 Å². The van der Waals surface area contributed by atoms with E-state index in [0.29, 0.717) is 6.61 Å². The Morgan fingerprint density at radius 2 is 2.42 bits per heavy atom. The third kappa shape index (κ3) is 1.76. The molecule has 4 heteroatoms. The Balaban J connectivity index is 2.79. The molecular weight excluding hydrogens is 156 g/mol. The molecule has 0 saturated carbocycles. The van der Waals surface area contributed by atoms with Gasteiger partial charge < -0.3 is 14.4 Å². The molecule has 1 atom stereocenters. The molecule has 1 aromatic heterocycles. The van der Waals surface area contributed by atoms with Crippen LogP contribution >= 0.6 is 0 Å². The van der Waals surface area contributed by atoms with Crippen LogP contribution in [0.4, 0.5) is 0 Å². The zero-order valence-corrected chi connectivity index (χ0v) is 7.61. The molecule has 1 rings (SSSR count). The highest BCUT2D eigenvalue weighted by Crippen LogP contribution is 2.17. The largest absolute Gasteiger partial charge is 0.492 e. The molecule has 0 aromatic carbocycles. The van der Waals surface area contributed by atoms with Crippen LogP contribution in [-0.2, 0) is 11.8 Å². The van der Waals surface area contributed by atoms with Gasteiger partial charge in [0.2, 0.25) is 5.88 Å². The molecule has 0 fully saturated rings. The number of aryl methyl sites for hydroxylation is 1. The van der Waals surface area contributed by atoms with Crippen molar-refractivity contribution in [2.45, 2.75) is 20.0 Å². The van der Waals surface area contributed by atoms with Crippen molar-refractivity contribution in [3.63, 3.8) is 0 Å². The molecule has 0 aliphatic rings. The molecule has 12 heavy (non-hydrogen) atoms. The van der Waals surface area contributed by atoms with Gasteiger partial charge in [-0.05, 0) is 13.8 Å². The normalized spacial score (nSPS) is 13.2. The zero-order chi connectivity index (χ0) is 9.14. The van der Waals surface area contributed by atoms with E-state index in [2.05, 4.69) is 4.98 Å². The summed E-state index contributed by atoms with van der Waals surface area (Å²) in [4.78, 5) is 3.92. The van der Waals surface area contributed by atoms with Gasteiger partial charge in [0.05, 0.1) is 6.20 Å². The molecule has 0 saturated heterocycles. The van der Waals surface area contributed by atoms with Gasteiger partial charge in [-0.15, -0.1) is 0 Å². The van der Waals surface area contributed by atoms with E-state index in [4.69, 9.17) is 9.84 Å². The summed E-state index contributed by atoms with van der Waals surface area (Å²) in [6.07, 6.45) is 1.49. The summed E-state index contributed by atoms with van der Waals surface area (Å²) in [7, 11) is 1.83.